The number of hydrogen-bond donors (Lipinski definition) is 1. The highest BCUT2D eigenvalue weighted by Crippen LogP contribution is 2.25. The summed E-state index contributed by atoms with van der Waals surface area (Å²) >= 11 is 0. The molecule has 0 spiro atoms. The number of rotatable bonds is 9. The molecule has 2 aliphatic heterocycles. The quantitative estimate of drug-likeness (QED) is 0.472. The minimum atomic E-state index is -0.507. The number of fused-ring (bicyclic) bond motifs is 1. The SMILES string of the molecule is COCCOC1CN(CC2CN(c3cnc(C(=O)Nc4cc(F)c5nc(C)cn5c4)cn3)C2)C1. The van der Waals surface area contributed by atoms with Crippen LogP contribution in [-0.4, -0.2) is 89.3 Å². The standard InChI is InChI=1S/C23H28FN7O3/c1-15-8-31-12-17(5-19(24)22(31)27-15)28-23(32)20-6-26-21(7-25-20)30-10-16(11-30)9-29-13-18(14-29)34-4-3-33-2/h5-8,12,16,18H,3-4,9-11,13-14H2,1-2H3,(H,28,32). The summed E-state index contributed by atoms with van der Waals surface area (Å²) in [6.07, 6.45) is 6.69. The summed E-state index contributed by atoms with van der Waals surface area (Å²) in [4.78, 5) is 29.9. The number of carbonyl (C=O) groups excluding carboxylic acids is 1. The number of imidazole rings is 1. The van der Waals surface area contributed by atoms with Gasteiger partial charge in [-0.25, -0.2) is 19.3 Å². The lowest BCUT2D eigenvalue weighted by molar-refractivity contribution is -0.0720. The molecule has 5 heterocycles. The van der Waals surface area contributed by atoms with Crippen LogP contribution in [0.2, 0.25) is 0 Å². The van der Waals surface area contributed by atoms with Crippen LogP contribution in [0.25, 0.3) is 5.65 Å². The van der Waals surface area contributed by atoms with Crippen molar-refractivity contribution in [2.45, 2.75) is 13.0 Å². The predicted octanol–water partition coefficient (Wildman–Crippen LogP) is 1.61. The second-order valence-corrected chi connectivity index (χ2v) is 8.88. The summed E-state index contributed by atoms with van der Waals surface area (Å²) in [5, 5.41) is 2.67. The van der Waals surface area contributed by atoms with E-state index in [4.69, 9.17) is 9.47 Å². The number of anilines is 2. The first kappa shape index (κ1) is 22.6. The number of hydrogen-bond acceptors (Lipinski definition) is 8. The lowest BCUT2D eigenvalue weighted by atomic mass is 9.97. The highest BCUT2D eigenvalue weighted by molar-refractivity contribution is 6.02. The van der Waals surface area contributed by atoms with Crippen LogP contribution in [0.5, 0.6) is 0 Å². The number of nitrogens with one attached hydrogen (secondary N) is 1. The number of ether oxygens (including phenoxy) is 2. The number of amides is 1. The van der Waals surface area contributed by atoms with Gasteiger partial charge in [0, 0.05) is 64.2 Å². The molecule has 3 aromatic heterocycles. The Morgan fingerprint density at radius 1 is 1.18 bits per heavy atom. The van der Waals surface area contributed by atoms with Gasteiger partial charge < -0.3 is 24.1 Å². The van der Waals surface area contributed by atoms with Crippen LogP contribution in [0, 0.1) is 18.7 Å². The summed E-state index contributed by atoms with van der Waals surface area (Å²) in [5.74, 6) is 0.378. The highest BCUT2D eigenvalue weighted by Gasteiger charge is 2.34. The maximum Gasteiger partial charge on any atom is 0.275 e. The van der Waals surface area contributed by atoms with Crippen LogP contribution in [0.4, 0.5) is 15.9 Å². The first-order valence-electron chi connectivity index (χ1n) is 11.3. The first-order chi connectivity index (χ1) is 16.5. The molecule has 0 unspecified atom stereocenters. The molecular formula is C23H28FN7O3. The fourth-order valence-corrected chi connectivity index (χ4v) is 4.36. The zero-order valence-corrected chi connectivity index (χ0v) is 19.3. The number of halogens is 1. The summed E-state index contributed by atoms with van der Waals surface area (Å²) in [7, 11) is 1.68. The van der Waals surface area contributed by atoms with Gasteiger partial charge in [-0.15, -0.1) is 0 Å². The minimum Gasteiger partial charge on any atom is -0.382 e. The fraction of sp³-hybridized carbons (Fsp3) is 0.478. The van der Waals surface area contributed by atoms with Gasteiger partial charge in [0.25, 0.3) is 5.91 Å². The summed E-state index contributed by atoms with van der Waals surface area (Å²) in [6, 6.07) is 1.24. The average Bonchev–Trinajstić information content (AvgIpc) is 3.14. The maximum absolute atomic E-state index is 14.2. The summed E-state index contributed by atoms with van der Waals surface area (Å²) in [6.45, 7) is 7.88. The van der Waals surface area contributed by atoms with Gasteiger partial charge in [0.05, 0.1) is 43.1 Å². The molecule has 0 bridgehead atoms. The van der Waals surface area contributed by atoms with Crippen molar-refractivity contribution in [3.05, 3.63) is 48.1 Å². The molecule has 0 saturated carbocycles. The Labute approximate surface area is 196 Å². The molecule has 2 fully saturated rings. The molecule has 0 atom stereocenters. The predicted molar refractivity (Wildman–Crippen MR) is 124 cm³/mol. The number of likely N-dealkylation sites (tertiary alicyclic amines) is 1. The van der Waals surface area contributed by atoms with E-state index >= 15 is 0 Å². The Hall–Kier alpha value is -3.15. The zero-order chi connectivity index (χ0) is 23.7. The Bertz CT molecular complexity index is 1160. The van der Waals surface area contributed by atoms with Gasteiger partial charge in [0.15, 0.2) is 11.5 Å². The molecule has 0 radical (unpaired) electrons. The summed E-state index contributed by atoms with van der Waals surface area (Å²) in [5.41, 5.74) is 1.40. The topological polar surface area (TPSA) is 97.1 Å². The van der Waals surface area contributed by atoms with E-state index in [0.717, 1.165) is 38.5 Å². The third kappa shape index (κ3) is 4.86. The largest absolute Gasteiger partial charge is 0.382 e. The van der Waals surface area contributed by atoms with Crippen LogP contribution in [-0.2, 0) is 9.47 Å². The van der Waals surface area contributed by atoms with Crippen molar-refractivity contribution in [1.82, 2.24) is 24.3 Å². The third-order valence-corrected chi connectivity index (χ3v) is 6.12. The molecule has 0 aliphatic carbocycles. The van der Waals surface area contributed by atoms with Crippen LogP contribution in [0.15, 0.2) is 30.9 Å². The Kier molecular flexibility index (Phi) is 6.40. The van der Waals surface area contributed by atoms with Crippen molar-refractivity contribution >= 4 is 23.1 Å². The Balaban J connectivity index is 1.09. The van der Waals surface area contributed by atoms with E-state index in [2.05, 4.69) is 30.1 Å². The van der Waals surface area contributed by atoms with Gasteiger partial charge in [0.2, 0.25) is 0 Å². The monoisotopic (exact) mass is 469 g/mol. The number of nitrogens with zero attached hydrogens (tertiary/aromatic N) is 6. The van der Waals surface area contributed by atoms with E-state index in [1.807, 2.05) is 0 Å². The second-order valence-electron chi connectivity index (χ2n) is 8.88. The van der Waals surface area contributed by atoms with Crippen molar-refractivity contribution in [3.8, 4) is 0 Å². The van der Waals surface area contributed by atoms with Gasteiger partial charge >= 0.3 is 0 Å². The van der Waals surface area contributed by atoms with Crippen molar-refractivity contribution in [1.29, 1.82) is 0 Å². The summed E-state index contributed by atoms with van der Waals surface area (Å²) < 4.78 is 26.5. The second kappa shape index (κ2) is 9.61. The molecule has 34 heavy (non-hydrogen) atoms. The van der Waals surface area contributed by atoms with Crippen LogP contribution in [0.1, 0.15) is 16.2 Å². The van der Waals surface area contributed by atoms with Crippen molar-refractivity contribution in [3.63, 3.8) is 0 Å². The van der Waals surface area contributed by atoms with Crippen LogP contribution < -0.4 is 10.2 Å². The normalized spacial score (nSPS) is 17.1. The molecule has 1 amide bonds. The molecule has 2 aliphatic rings. The van der Waals surface area contributed by atoms with Crippen molar-refractivity contribution < 1.29 is 18.7 Å². The molecular weight excluding hydrogens is 441 g/mol. The molecule has 1 N–H and O–H groups in total. The lowest BCUT2D eigenvalue weighted by Crippen LogP contribution is -2.59. The van der Waals surface area contributed by atoms with Gasteiger partial charge in [-0.2, -0.15) is 0 Å². The highest BCUT2D eigenvalue weighted by atomic mass is 19.1. The number of methoxy groups -OCH3 is 1. The van der Waals surface area contributed by atoms with Crippen LogP contribution >= 0.6 is 0 Å². The van der Waals surface area contributed by atoms with Crippen molar-refractivity contribution in [2.75, 3.05) is 63.3 Å². The van der Waals surface area contributed by atoms with Gasteiger partial charge in [-0.05, 0) is 6.92 Å². The molecule has 2 saturated heterocycles. The van der Waals surface area contributed by atoms with Gasteiger partial charge in [0.1, 0.15) is 11.5 Å². The molecule has 3 aromatic rings. The van der Waals surface area contributed by atoms with E-state index in [0.29, 0.717) is 36.6 Å². The molecule has 0 aromatic carbocycles. The smallest absolute Gasteiger partial charge is 0.275 e. The number of pyridine rings is 1. The molecule has 11 heteroatoms. The number of carbonyl (C=O) groups is 1. The zero-order valence-electron chi connectivity index (χ0n) is 19.3. The van der Waals surface area contributed by atoms with Gasteiger partial charge in [-0.3, -0.25) is 9.69 Å². The average molecular weight is 470 g/mol. The van der Waals surface area contributed by atoms with E-state index < -0.39 is 11.7 Å². The number of aromatic nitrogens is 4. The molecule has 10 nitrogen and oxygen atoms in total. The van der Waals surface area contributed by atoms with Gasteiger partial charge in [-0.1, -0.05) is 0 Å². The Morgan fingerprint density at radius 2 is 2.00 bits per heavy atom. The van der Waals surface area contributed by atoms with E-state index in [1.165, 1.54) is 12.3 Å². The molecule has 5 rings (SSSR count). The Morgan fingerprint density at radius 3 is 2.74 bits per heavy atom. The number of aryl methyl sites for hydroxylation is 1. The van der Waals surface area contributed by atoms with E-state index in [-0.39, 0.29) is 11.3 Å². The minimum absolute atomic E-state index is 0.170. The third-order valence-electron chi connectivity index (χ3n) is 6.12. The van der Waals surface area contributed by atoms with Crippen molar-refractivity contribution in [2.24, 2.45) is 5.92 Å². The van der Waals surface area contributed by atoms with E-state index in [1.54, 1.807) is 37.0 Å². The van der Waals surface area contributed by atoms with Crippen LogP contribution in [0.3, 0.4) is 0 Å². The van der Waals surface area contributed by atoms with E-state index in [9.17, 15) is 9.18 Å². The molecule has 180 valence electrons. The lowest BCUT2D eigenvalue weighted by Gasteiger charge is -2.46. The first-order valence-corrected chi connectivity index (χ1v) is 11.3. The maximum atomic E-state index is 14.2. The fourth-order valence-electron chi connectivity index (χ4n) is 4.36.